The first-order valence-electron chi connectivity index (χ1n) is 27.1. The minimum Gasteiger partial charge on any atom is -0.476 e. The molecule has 0 saturated carbocycles. The first-order chi connectivity index (χ1) is 38.7. The molecule has 1 aliphatic carbocycles. The highest BCUT2D eigenvalue weighted by Gasteiger charge is 2.48. The van der Waals surface area contributed by atoms with Crippen LogP contribution in [0.2, 0.25) is 5.02 Å². The van der Waals surface area contributed by atoms with Crippen LogP contribution in [0.15, 0.2) is 129 Å². The van der Waals surface area contributed by atoms with Gasteiger partial charge in [-0.2, -0.15) is 13.2 Å². The van der Waals surface area contributed by atoms with Gasteiger partial charge < -0.3 is 29.9 Å². The van der Waals surface area contributed by atoms with Gasteiger partial charge in [0.25, 0.3) is 25.8 Å². The van der Waals surface area contributed by atoms with E-state index in [0.717, 1.165) is 107 Å². The number of carbonyl (C=O) groups is 2. The summed E-state index contributed by atoms with van der Waals surface area (Å²) < 4.78 is 104. The number of alkyl halides is 3. The summed E-state index contributed by atoms with van der Waals surface area (Å²) in [5.41, 5.74) is -1.53. The number of thioether (sulfide) groups is 1. The Hall–Kier alpha value is -5.79. The number of nitrogens with zero attached hydrogens (tertiary/aromatic N) is 7. The van der Waals surface area contributed by atoms with E-state index in [0.29, 0.717) is 68.5 Å². The zero-order chi connectivity index (χ0) is 57.4. The van der Waals surface area contributed by atoms with Gasteiger partial charge in [0, 0.05) is 125 Å². The fourth-order valence-electron chi connectivity index (χ4n) is 11.0. The van der Waals surface area contributed by atoms with E-state index < -0.39 is 58.8 Å². The fraction of sp³-hybridized carbons (Fsp3) is 0.439. The molecular weight excluding hydrogens is 1130 g/mol. The number of hydrogen-bond acceptors (Lipinski definition) is 16. The number of rotatable bonds is 20. The third-order valence-corrected chi connectivity index (χ3v) is 19.7. The summed E-state index contributed by atoms with van der Waals surface area (Å²) in [4.78, 5) is 35.1. The molecule has 434 valence electrons. The van der Waals surface area contributed by atoms with E-state index in [9.17, 15) is 44.7 Å². The predicted molar refractivity (Wildman–Crippen MR) is 308 cm³/mol. The molecule has 24 heteroatoms. The molecule has 4 heterocycles. The Kier molecular flexibility index (Phi) is 19.3. The fourth-order valence-corrected chi connectivity index (χ4v) is 14.1. The number of anilines is 3. The van der Waals surface area contributed by atoms with Crippen LogP contribution in [0, 0.1) is 5.41 Å². The molecule has 81 heavy (non-hydrogen) atoms. The van der Waals surface area contributed by atoms with E-state index in [1.165, 1.54) is 46.7 Å². The standard InChI is InChI=1S/C57H67ClF3N9O8S3/c1-56(40-68-27-31-70(32-28-68)53-19-18-51(55(72)73)63-64-53)22-20-49(41-8-12-44(58)13-9-41)43(37-56)38-67-25-29-69(30-26-67)46-14-10-42(11-15-46)54(71)65-81(76,77)48-16-17-50(52(36-48)80(74,75)57(59,60)61)62-45(39-79-47-6-3-2-4-7-47)21-24-66-23-5-34-78-35-33-66/h2-4,6-19,36,45,62H,5,20-35,37-40H2,1H3,(H,65,71)(H,72,73). The molecule has 0 bridgehead atoms. The molecule has 0 spiro atoms. The number of sulfonamides is 1. The molecule has 3 N–H and O–H groups in total. The van der Waals surface area contributed by atoms with Gasteiger partial charge in [-0.05, 0) is 128 Å². The Morgan fingerprint density at radius 3 is 2.19 bits per heavy atom. The molecule has 4 aromatic carbocycles. The maximum atomic E-state index is 14.3. The number of benzene rings is 4. The molecule has 3 aliphatic heterocycles. The van der Waals surface area contributed by atoms with Crippen LogP contribution in [0.1, 0.15) is 65.4 Å². The number of aromatic carboxylic acids is 1. The number of amides is 1. The number of ether oxygens (including phenoxy) is 1. The lowest BCUT2D eigenvalue weighted by molar-refractivity contribution is -0.0436. The van der Waals surface area contributed by atoms with Gasteiger partial charge >= 0.3 is 11.5 Å². The Balaban J connectivity index is 0.827. The summed E-state index contributed by atoms with van der Waals surface area (Å²) in [6, 6.07) is 28.9. The number of allylic oxidation sites excluding steroid dienone is 1. The Morgan fingerprint density at radius 2 is 1.51 bits per heavy atom. The van der Waals surface area contributed by atoms with Crippen LogP contribution in [0.5, 0.6) is 0 Å². The van der Waals surface area contributed by atoms with E-state index in [1.54, 1.807) is 18.2 Å². The summed E-state index contributed by atoms with van der Waals surface area (Å²) in [5.74, 6) is -1.13. The monoisotopic (exact) mass is 1190 g/mol. The maximum Gasteiger partial charge on any atom is 0.501 e. The summed E-state index contributed by atoms with van der Waals surface area (Å²) in [6.45, 7) is 13.3. The van der Waals surface area contributed by atoms with Crippen molar-refractivity contribution < 1.29 is 49.4 Å². The first kappa shape index (κ1) is 59.8. The number of nitrogens with one attached hydrogen (secondary N) is 2. The van der Waals surface area contributed by atoms with Crippen molar-refractivity contribution in [2.45, 2.75) is 65.3 Å². The lowest BCUT2D eigenvalue weighted by atomic mass is 9.71. The zero-order valence-corrected chi connectivity index (χ0v) is 48.2. The smallest absolute Gasteiger partial charge is 0.476 e. The second-order valence-electron chi connectivity index (χ2n) is 21.3. The van der Waals surface area contributed by atoms with Crippen LogP contribution in [0.4, 0.5) is 30.4 Å². The molecule has 4 aliphatic rings. The quantitative estimate of drug-likeness (QED) is 0.0626. The normalized spacial score (nSPS) is 19.7. The minimum atomic E-state index is -6.09. The van der Waals surface area contributed by atoms with Crippen LogP contribution in [0.25, 0.3) is 5.57 Å². The van der Waals surface area contributed by atoms with Gasteiger partial charge in [0.05, 0.1) is 17.2 Å². The van der Waals surface area contributed by atoms with Gasteiger partial charge in [-0.3, -0.25) is 14.6 Å². The van der Waals surface area contributed by atoms with E-state index >= 15 is 0 Å². The Morgan fingerprint density at radius 1 is 0.802 bits per heavy atom. The minimum absolute atomic E-state index is 0.0254. The number of halogens is 4. The Bertz CT molecular complexity index is 3230. The topological polar surface area (TPSA) is 198 Å². The lowest BCUT2D eigenvalue weighted by Gasteiger charge is -2.44. The summed E-state index contributed by atoms with van der Waals surface area (Å²) >= 11 is 7.77. The predicted octanol–water partition coefficient (Wildman–Crippen LogP) is 8.51. The molecule has 2 atom stereocenters. The van der Waals surface area contributed by atoms with Crippen LogP contribution in [-0.4, -0.2) is 174 Å². The van der Waals surface area contributed by atoms with Gasteiger partial charge in [-0.25, -0.2) is 26.4 Å². The zero-order valence-electron chi connectivity index (χ0n) is 45.0. The molecule has 9 rings (SSSR count). The molecule has 17 nitrogen and oxygen atoms in total. The molecular formula is C57H67ClF3N9O8S3. The molecule has 0 radical (unpaired) electrons. The molecule has 2 unspecified atom stereocenters. The summed E-state index contributed by atoms with van der Waals surface area (Å²) in [5, 5.41) is 20.9. The second-order valence-corrected chi connectivity index (χ2v) is 26.5. The summed E-state index contributed by atoms with van der Waals surface area (Å²) in [6.07, 6.45) is 4.12. The van der Waals surface area contributed by atoms with Crippen molar-refractivity contribution >= 4 is 77.9 Å². The Labute approximate surface area is 480 Å². The van der Waals surface area contributed by atoms with E-state index in [-0.39, 0.29) is 16.7 Å². The number of piperazine rings is 2. The number of aromatic nitrogens is 2. The van der Waals surface area contributed by atoms with Crippen molar-refractivity contribution in [2.24, 2.45) is 5.41 Å². The molecule has 5 aromatic rings. The molecule has 1 aromatic heterocycles. The average molecular weight is 1190 g/mol. The van der Waals surface area contributed by atoms with Crippen molar-refractivity contribution in [3.63, 3.8) is 0 Å². The first-order valence-corrected chi connectivity index (χ1v) is 31.4. The van der Waals surface area contributed by atoms with Crippen molar-refractivity contribution in [1.82, 2.24) is 29.6 Å². The SMILES string of the molecule is CC1(CN2CCN(c3ccc(C(=O)O)nn3)CC2)CCC(c2ccc(Cl)cc2)=C(CN2CCN(c3ccc(C(=O)NS(=O)(=O)c4ccc(NC(CCN5CCCOCC5)CSc5ccccc5)c(S(=O)(=O)C(F)(F)F)c4)cc3)CC2)C1. The van der Waals surface area contributed by atoms with Gasteiger partial charge in [0.15, 0.2) is 11.5 Å². The third-order valence-electron chi connectivity index (χ3n) is 15.4. The number of carboxylic acid groups (broad SMARTS) is 1. The highest BCUT2D eigenvalue weighted by atomic mass is 35.5. The lowest BCUT2D eigenvalue weighted by Crippen LogP contribution is -2.50. The van der Waals surface area contributed by atoms with Gasteiger partial charge in [-0.1, -0.05) is 54.4 Å². The van der Waals surface area contributed by atoms with Gasteiger partial charge in [0.1, 0.15) is 4.90 Å². The van der Waals surface area contributed by atoms with Gasteiger partial charge in [-0.15, -0.1) is 22.0 Å². The highest BCUT2D eigenvalue weighted by molar-refractivity contribution is 7.99. The van der Waals surface area contributed by atoms with E-state index in [4.69, 9.17) is 16.3 Å². The highest BCUT2D eigenvalue weighted by Crippen LogP contribution is 2.44. The van der Waals surface area contributed by atoms with Crippen LogP contribution < -0.4 is 19.8 Å². The maximum absolute atomic E-state index is 14.3. The molecule has 1 amide bonds. The van der Waals surface area contributed by atoms with E-state index in [1.807, 2.05) is 47.2 Å². The van der Waals surface area contributed by atoms with Crippen molar-refractivity contribution in [3.05, 3.63) is 137 Å². The van der Waals surface area contributed by atoms with Crippen LogP contribution >= 0.6 is 23.4 Å². The van der Waals surface area contributed by atoms with Crippen LogP contribution in [0.3, 0.4) is 0 Å². The number of carboxylic acids is 1. The van der Waals surface area contributed by atoms with Crippen molar-refractivity contribution in [2.75, 3.05) is 119 Å². The number of hydrogen-bond donors (Lipinski definition) is 3. The van der Waals surface area contributed by atoms with Gasteiger partial charge in [0.2, 0.25) is 0 Å². The van der Waals surface area contributed by atoms with Crippen molar-refractivity contribution in [3.8, 4) is 0 Å². The second kappa shape index (κ2) is 26.2. The van der Waals surface area contributed by atoms with E-state index in [2.05, 4.69) is 59.1 Å². The average Bonchev–Trinajstić information content (AvgIpc) is 3.84. The summed E-state index contributed by atoms with van der Waals surface area (Å²) in [7, 11) is -11.0. The largest absolute Gasteiger partial charge is 0.501 e. The number of carbonyl (C=O) groups excluding carboxylic acids is 1. The molecule has 3 saturated heterocycles. The molecule has 3 fully saturated rings. The number of sulfone groups is 1. The van der Waals surface area contributed by atoms with Crippen LogP contribution in [-0.2, 0) is 24.6 Å². The van der Waals surface area contributed by atoms with Crippen molar-refractivity contribution in [1.29, 1.82) is 0 Å². The third kappa shape index (κ3) is 15.5.